The first kappa shape index (κ1) is 14.1. The van der Waals surface area contributed by atoms with E-state index in [1.54, 1.807) is 6.07 Å². The molecule has 0 fully saturated rings. The first-order valence-electron chi connectivity index (χ1n) is 6.13. The highest BCUT2D eigenvalue weighted by molar-refractivity contribution is 5.97. The number of anilines is 1. The van der Waals surface area contributed by atoms with Crippen LogP contribution >= 0.6 is 0 Å². The number of hydrogen-bond donors (Lipinski definition) is 2. The highest BCUT2D eigenvalue weighted by Gasteiger charge is 2.14. The van der Waals surface area contributed by atoms with Gasteiger partial charge in [-0.2, -0.15) is 0 Å². The van der Waals surface area contributed by atoms with E-state index in [2.05, 4.69) is 11.2 Å². The molecule has 0 aliphatic heterocycles. The molecule has 18 heavy (non-hydrogen) atoms. The van der Waals surface area contributed by atoms with Crippen molar-refractivity contribution >= 4 is 11.6 Å². The number of nitrogens with one attached hydrogen (secondary N) is 1. The van der Waals surface area contributed by atoms with E-state index in [0.29, 0.717) is 11.3 Å². The van der Waals surface area contributed by atoms with E-state index in [1.807, 2.05) is 26.8 Å². The summed E-state index contributed by atoms with van der Waals surface area (Å²) in [5.74, 6) is 2.43. The number of carbonyl (C=O) groups excluding carboxylic acids is 1. The average molecular weight is 244 g/mol. The molecule has 1 unspecified atom stereocenters. The maximum Gasteiger partial charge on any atom is 0.252 e. The molecule has 0 aliphatic rings. The van der Waals surface area contributed by atoms with Crippen molar-refractivity contribution in [3.63, 3.8) is 0 Å². The van der Waals surface area contributed by atoms with Crippen molar-refractivity contribution in [3.8, 4) is 12.3 Å². The molecule has 0 heterocycles. The zero-order chi connectivity index (χ0) is 13.7. The number of nitrogens with two attached hydrogens (primary N) is 1. The number of carbonyl (C=O) groups is 1. The fourth-order valence-electron chi connectivity index (χ4n) is 1.84. The minimum Gasteiger partial charge on any atom is -0.398 e. The predicted molar refractivity (Wildman–Crippen MR) is 75.3 cm³/mol. The van der Waals surface area contributed by atoms with E-state index in [9.17, 15) is 4.79 Å². The van der Waals surface area contributed by atoms with Crippen LogP contribution in [0, 0.1) is 26.2 Å². The van der Waals surface area contributed by atoms with Gasteiger partial charge in [-0.1, -0.05) is 25.3 Å². The number of terminal acetylenes is 1. The molecule has 0 aromatic heterocycles. The van der Waals surface area contributed by atoms with Crippen molar-refractivity contribution in [2.45, 2.75) is 39.7 Å². The molecule has 3 heteroatoms. The topological polar surface area (TPSA) is 55.1 Å². The van der Waals surface area contributed by atoms with E-state index in [0.717, 1.165) is 24.0 Å². The fourth-order valence-corrected chi connectivity index (χ4v) is 1.84. The van der Waals surface area contributed by atoms with Crippen molar-refractivity contribution in [2.24, 2.45) is 0 Å². The highest BCUT2D eigenvalue weighted by atomic mass is 16.1. The van der Waals surface area contributed by atoms with Gasteiger partial charge in [-0.15, -0.1) is 6.42 Å². The summed E-state index contributed by atoms with van der Waals surface area (Å²) >= 11 is 0. The van der Waals surface area contributed by atoms with E-state index >= 15 is 0 Å². The first-order chi connectivity index (χ1) is 8.49. The SMILES string of the molecule is C#CC(CCC)NC(=O)c1cc(N)c(C)cc1C. The molecule has 0 bridgehead atoms. The highest BCUT2D eigenvalue weighted by Crippen LogP contribution is 2.18. The zero-order valence-corrected chi connectivity index (χ0v) is 11.2. The van der Waals surface area contributed by atoms with Gasteiger partial charge in [-0.05, 0) is 37.5 Å². The summed E-state index contributed by atoms with van der Waals surface area (Å²) in [5.41, 5.74) is 8.93. The van der Waals surface area contributed by atoms with Crippen LogP contribution in [0.3, 0.4) is 0 Å². The summed E-state index contributed by atoms with van der Waals surface area (Å²) < 4.78 is 0. The Hall–Kier alpha value is -1.95. The van der Waals surface area contributed by atoms with Gasteiger partial charge in [-0.3, -0.25) is 4.79 Å². The Morgan fingerprint density at radius 3 is 2.67 bits per heavy atom. The van der Waals surface area contributed by atoms with Crippen LogP contribution in [-0.2, 0) is 0 Å². The lowest BCUT2D eigenvalue weighted by Crippen LogP contribution is -2.34. The van der Waals surface area contributed by atoms with Gasteiger partial charge in [0.2, 0.25) is 0 Å². The molecule has 3 nitrogen and oxygen atoms in total. The monoisotopic (exact) mass is 244 g/mol. The number of aryl methyl sites for hydroxylation is 2. The Kier molecular flexibility index (Phi) is 4.79. The van der Waals surface area contributed by atoms with Gasteiger partial charge in [0.25, 0.3) is 5.91 Å². The molecular weight excluding hydrogens is 224 g/mol. The Balaban J connectivity index is 2.91. The van der Waals surface area contributed by atoms with Crippen LogP contribution in [0.5, 0.6) is 0 Å². The summed E-state index contributed by atoms with van der Waals surface area (Å²) in [4.78, 5) is 12.1. The Bertz CT molecular complexity index is 486. The summed E-state index contributed by atoms with van der Waals surface area (Å²) in [7, 11) is 0. The number of amides is 1. The molecule has 0 saturated heterocycles. The standard InChI is InChI=1S/C15H20N2O/c1-5-7-12(6-2)17-15(18)13-9-14(16)11(4)8-10(13)3/h2,8-9,12H,5,7,16H2,1,3-4H3,(H,17,18). The van der Waals surface area contributed by atoms with Crippen LogP contribution in [0.4, 0.5) is 5.69 Å². The molecule has 1 amide bonds. The molecule has 0 saturated carbocycles. The number of nitrogen functional groups attached to an aromatic ring is 1. The summed E-state index contributed by atoms with van der Waals surface area (Å²) in [6, 6.07) is 3.40. The normalized spacial score (nSPS) is 11.7. The molecule has 1 aromatic carbocycles. The third-order valence-corrected chi connectivity index (χ3v) is 2.94. The van der Waals surface area contributed by atoms with Gasteiger partial charge in [0.05, 0.1) is 6.04 Å². The van der Waals surface area contributed by atoms with Crippen molar-refractivity contribution in [3.05, 3.63) is 28.8 Å². The van der Waals surface area contributed by atoms with Crippen LogP contribution in [0.2, 0.25) is 0 Å². The quantitative estimate of drug-likeness (QED) is 0.631. The van der Waals surface area contributed by atoms with Gasteiger partial charge in [-0.25, -0.2) is 0 Å². The smallest absolute Gasteiger partial charge is 0.252 e. The van der Waals surface area contributed by atoms with Crippen LogP contribution in [0.1, 0.15) is 41.3 Å². The van der Waals surface area contributed by atoms with Crippen molar-refractivity contribution in [1.82, 2.24) is 5.32 Å². The van der Waals surface area contributed by atoms with E-state index in [-0.39, 0.29) is 11.9 Å². The van der Waals surface area contributed by atoms with Crippen LogP contribution in [0.15, 0.2) is 12.1 Å². The molecular formula is C15H20N2O. The largest absolute Gasteiger partial charge is 0.398 e. The average Bonchev–Trinajstić information content (AvgIpc) is 2.33. The molecule has 0 spiro atoms. The number of rotatable bonds is 4. The van der Waals surface area contributed by atoms with Crippen molar-refractivity contribution in [1.29, 1.82) is 0 Å². The lowest BCUT2D eigenvalue weighted by atomic mass is 10.0. The fraction of sp³-hybridized carbons (Fsp3) is 0.400. The molecule has 1 atom stereocenters. The lowest BCUT2D eigenvalue weighted by Gasteiger charge is -2.14. The number of hydrogen-bond acceptors (Lipinski definition) is 2. The third-order valence-electron chi connectivity index (χ3n) is 2.94. The van der Waals surface area contributed by atoms with Crippen molar-refractivity contribution in [2.75, 3.05) is 5.73 Å². The predicted octanol–water partition coefficient (Wildman–Crippen LogP) is 2.42. The maximum absolute atomic E-state index is 12.1. The Morgan fingerprint density at radius 1 is 1.44 bits per heavy atom. The second-order valence-corrected chi connectivity index (χ2v) is 4.51. The van der Waals surface area contributed by atoms with E-state index < -0.39 is 0 Å². The molecule has 1 aromatic rings. The third kappa shape index (κ3) is 3.27. The molecule has 3 N–H and O–H groups in total. The minimum atomic E-state index is -0.218. The number of benzene rings is 1. The van der Waals surface area contributed by atoms with Gasteiger partial charge in [0.15, 0.2) is 0 Å². The zero-order valence-electron chi connectivity index (χ0n) is 11.2. The lowest BCUT2D eigenvalue weighted by molar-refractivity contribution is 0.0943. The molecule has 0 radical (unpaired) electrons. The second kappa shape index (κ2) is 6.11. The summed E-state index contributed by atoms with van der Waals surface area (Å²) in [5, 5.41) is 2.84. The van der Waals surface area contributed by atoms with Crippen LogP contribution < -0.4 is 11.1 Å². The van der Waals surface area contributed by atoms with Crippen molar-refractivity contribution < 1.29 is 4.79 Å². The molecule has 1 rings (SSSR count). The molecule has 0 aliphatic carbocycles. The molecule has 96 valence electrons. The van der Waals surface area contributed by atoms with Crippen LogP contribution in [0.25, 0.3) is 0 Å². The van der Waals surface area contributed by atoms with Gasteiger partial charge in [0, 0.05) is 11.3 Å². The summed E-state index contributed by atoms with van der Waals surface area (Å²) in [6.45, 7) is 5.85. The second-order valence-electron chi connectivity index (χ2n) is 4.51. The van der Waals surface area contributed by atoms with E-state index in [1.165, 1.54) is 0 Å². The Morgan fingerprint density at radius 2 is 2.11 bits per heavy atom. The summed E-state index contributed by atoms with van der Waals surface area (Å²) in [6.07, 6.45) is 7.10. The van der Waals surface area contributed by atoms with E-state index in [4.69, 9.17) is 12.2 Å². The Labute approximate surface area is 109 Å². The van der Waals surface area contributed by atoms with Crippen LogP contribution in [-0.4, -0.2) is 11.9 Å². The maximum atomic E-state index is 12.1. The van der Waals surface area contributed by atoms with Gasteiger partial charge < -0.3 is 11.1 Å². The minimum absolute atomic E-state index is 0.157. The van der Waals surface area contributed by atoms with Gasteiger partial charge in [0.1, 0.15) is 0 Å². The first-order valence-corrected chi connectivity index (χ1v) is 6.13. The van der Waals surface area contributed by atoms with Gasteiger partial charge >= 0.3 is 0 Å².